The Balaban J connectivity index is 2.37. The number of carbonyl (C=O) groups is 1. The van der Waals surface area contributed by atoms with Gasteiger partial charge in [-0.1, -0.05) is 24.6 Å². The van der Waals surface area contributed by atoms with Crippen LogP contribution in [0.3, 0.4) is 0 Å². The van der Waals surface area contributed by atoms with Crippen molar-refractivity contribution < 1.29 is 14.6 Å². The minimum Gasteiger partial charge on any atom is -0.494 e. The molecule has 1 unspecified atom stereocenters. The number of aryl methyl sites for hydroxylation is 1. The summed E-state index contributed by atoms with van der Waals surface area (Å²) in [5, 5.41) is 12.4. The van der Waals surface area contributed by atoms with Gasteiger partial charge in [0.05, 0.1) is 6.61 Å². The fraction of sp³-hybridized carbons (Fsp3) is 0.562. The molecule has 0 bridgehead atoms. The lowest BCUT2D eigenvalue weighted by atomic mass is 9.96. The fourth-order valence-electron chi connectivity index (χ4n) is 1.92. The van der Waals surface area contributed by atoms with E-state index in [-0.39, 0.29) is 0 Å². The van der Waals surface area contributed by atoms with E-state index in [0.29, 0.717) is 26.0 Å². The summed E-state index contributed by atoms with van der Waals surface area (Å²) in [6.07, 6.45) is 2.17. The van der Waals surface area contributed by atoms with E-state index in [2.05, 4.69) is 5.32 Å². The predicted octanol–water partition coefficient (Wildman–Crippen LogP) is 3.00. The van der Waals surface area contributed by atoms with Crippen LogP contribution >= 0.6 is 0 Å². The van der Waals surface area contributed by atoms with Gasteiger partial charge < -0.3 is 15.2 Å². The molecule has 0 aliphatic rings. The van der Waals surface area contributed by atoms with Crippen LogP contribution in [0.15, 0.2) is 24.3 Å². The lowest BCUT2D eigenvalue weighted by Crippen LogP contribution is -2.49. The van der Waals surface area contributed by atoms with E-state index >= 15 is 0 Å². The van der Waals surface area contributed by atoms with Gasteiger partial charge in [0.1, 0.15) is 11.3 Å². The van der Waals surface area contributed by atoms with Crippen molar-refractivity contribution in [3.63, 3.8) is 0 Å². The van der Waals surface area contributed by atoms with Crippen LogP contribution in [0.5, 0.6) is 5.75 Å². The molecule has 1 rings (SSSR count). The van der Waals surface area contributed by atoms with Crippen molar-refractivity contribution in [3.8, 4) is 5.75 Å². The number of ether oxygens (including phenoxy) is 1. The average Bonchev–Trinajstić information content (AvgIpc) is 2.43. The van der Waals surface area contributed by atoms with E-state index in [4.69, 9.17) is 4.74 Å². The molecule has 0 aliphatic carbocycles. The summed E-state index contributed by atoms with van der Waals surface area (Å²) in [7, 11) is 0. The van der Waals surface area contributed by atoms with Crippen LogP contribution in [0.4, 0.5) is 0 Å². The zero-order valence-corrected chi connectivity index (χ0v) is 12.6. The first-order chi connectivity index (χ1) is 9.48. The minimum atomic E-state index is -0.868. The molecule has 2 N–H and O–H groups in total. The Morgan fingerprint density at radius 3 is 2.55 bits per heavy atom. The largest absolute Gasteiger partial charge is 0.494 e. The summed E-state index contributed by atoms with van der Waals surface area (Å²) in [6.45, 7) is 7.02. The van der Waals surface area contributed by atoms with Crippen molar-refractivity contribution in [1.82, 2.24) is 5.32 Å². The van der Waals surface area contributed by atoms with Crippen LogP contribution in [0.25, 0.3) is 0 Å². The van der Waals surface area contributed by atoms with Crippen molar-refractivity contribution in [2.75, 3.05) is 13.2 Å². The summed E-state index contributed by atoms with van der Waals surface area (Å²) >= 11 is 0. The monoisotopic (exact) mass is 279 g/mol. The second-order valence-electron chi connectivity index (χ2n) is 5.33. The maximum Gasteiger partial charge on any atom is 0.323 e. The fourth-order valence-corrected chi connectivity index (χ4v) is 1.92. The highest BCUT2D eigenvalue weighted by Gasteiger charge is 2.31. The van der Waals surface area contributed by atoms with Gasteiger partial charge in [0.2, 0.25) is 0 Å². The normalized spacial score (nSPS) is 13.8. The van der Waals surface area contributed by atoms with Gasteiger partial charge in [-0.05, 0) is 51.8 Å². The third-order valence-electron chi connectivity index (χ3n) is 3.35. The lowest BCUT2D eigenvalue weighted by molar-refractivity contribution is -0.144. The van der Waals surface area contributed by atoms with Crippen molar-refractivity contribution in [3.05, 3.63) is 29.8 Å². The molecule has 0 heterocycles. The van der Waals surface area contributed by atoms with Crippen LogP contribution in [0.1, 0.15) is 38.7 Å². The lowest BCUT2D eigenvalue weighted by Gasteiger charge is -2.26. The molecular formula is C16H25NO3. The summed E-state index contributed by atoms with van der Waals surface area (Å²) < 4.78 is 5.62. The number of aliphatic carboxylic acids is 1. The van der Waals surface area contributed by atoms with E-state index in [1.165, 1.54) is 5.56 Å². The molecule has 0 saturated heterocycles. The van der Waals surface area contributed by atoms with E-state index in [0.717, 1.165) is 12.2 Å². The number of hydrogen-bond donors (Lipinski definition) is 2. The van der Waals surface area contributed by atoms with Crippen LogP contribution in [0.2, 0.25) is 0 Å². The van der Waals surface area contributed by atoms with Gasteiger partial charge in [-0.15, -0.1) is 0 Å². The molecule has 112 valence electrons. The molecule has 4 nitrogen and oxygen atoms in total. The Bertz CT molecular complexity index is 416. The molecule has 1 aromatic rings. The number of rotatable bonds is 9. The number of carboxylic acids is 1. The number of nitrogens with one attached hydrogen (secondary N) is 1. The third-order valence-corrected chi connectivity index (χ3v) is 3.35. The highest BCUT2D eigenvalue weighted by atomic mass is 16.5. The molecule has 4 heteroatoms. The van der Waals surface area contributed by atoms with Crippen molar-refractivity contribution >= 4 is 5.97 Å². The smallest absolute Gasteiger partial charge is 0.323 e. The molecule has 0 amide bonds. The maximum atomic E-state index is 11.3. The second-order valence-corrected chi connectivity index (χ2v) is 5.33. The van der Waals surface area contributed by atoms with Gasteiger partial charge in [-0.3, -0.25) is 4.79 Å². The summed E-state index contributed by atoms with van der Waals surface area (Å²) in [5.41, 5.74) is 0.326. The highest BCUT2D eigenvalue weighted by Crippen LogP contribution is 2.15. The zero-order valence-electron chi connectivity index (χ0n) is 12.6. The van der Waals surface area contributed by atoms with Gasteiger partial charge in [-0.2, -0.15) is 0 Å². The zero-order chi connectivity index (χ0) is 15.0. The van der Waals surface area contributed by atoms with E-state index in [1.807, 2.05) is 38.1 Å². The van der Waals surface area contributed by atoms with Crippen LogP contribution in [-0.4, -0.2) is 29.8 Å². The van der Waals surface area contributed by atoms with Crippen LogP contribution in [-0.2, 0) is 4.79 Å². The van der Waals surface area contributed by atoms with Gasteiger partial charge in [0, 0.05) is 0 Å². The Labute approximate surface area is 121 Å². The van der Waals surface area contributed by atoms with Gasteiger partial charge in [-0.25, -0.2) is 0 Å². The maximum absolute atomic E-state index is 11.3. The van der Waals surface area contributed by atoms with Gasteiger partial charge in [0.25, 0.3) is 0 Å². The van der Waals surface area contributed by atoms with Crippen molar-refractivity contribution in [2.24, 2.45) is 0 Å². The average molecular weight is 279 g/mol. The molecule has 0 aliphatic heterocycles. The van der Waals surface area contributed by atoms with E-state index < -0.39 is 11.5 Å². The Kier molecular flexibility index (Phi) is 6.52. The molecule has 1 atom stereocenters. The summed E-state index contributed by atoms with van der Waals surface area (Å²) in [4.78, 5) is 11.3. The summed E-state index contributed by atoms with van der Waals surface area (Å²) in [6, 6.07) is 7.86. The number of carboxylic acid groups (broad SMARTS) is 1. The minimum absolute atomic E-state index is 0.528. The van der Waals surface area contributed by atoms with Gasteiger partial charge >= 0.3 is 5.97 Å². The quantitative estimate of drug-likeness (QED) is 0.682. The van der Waals surface area contributed by atoms with Gasteiger partial charge in [0.15, 0.2) is 0 Å². The number of benzene rings is 1. The van der Waals surface area contributed by atoms with Crippen molar-refractivity contribution in [1.29, 1.82) is 0 Å². The molecule has 0 spiro atoms. The Morgan fingerprint density at radius 2 is 2.00 bits per heavy atom. The highest BCUT2D eigenvalue weighted by molar-refractivity contribution is 5.78. The Hall–Kier alpha value is -1.55. The molecule has 0 radical (unpaired) electrons. The molecule has 1 aromatic carbocycles. The molecule has 20 heavy (non-hydrogen) atoms. The standard InChI is InChI=1S/C16H25NO3/c1-4-11-17-16(3,15(18)19)10-5-12-20-14-8-6-13(2)7-9-14/h6-9,17H,4-5,10-12H2,1-3H3,(H,18,19). The first kappa shape index (κ1) is 16.5. The van der Waals surface area contributed by atoms with Crippen molar-refractivity contribution in [2.45, 2.75) is 45.6 Å². The summed E-state index contributed by atoms with van der Waals surface area (Å²) in [5.74, 6) is 0.0235. The first-order valence-corrected chi connectivity index (χ1v) is 7.16. The van der Waals surface area contributed by atoms with Crippen LogP contribution in [0, 0.1) is 6.92 Å². The molecular weight excluding hydrogens is 254 g/mol. The first-order valence-electron chi connectivity index (χ1n) is 7.16. The SMILES string of the molecule is CCCNC(C)(CCCOc1ccc(C)cc1)C(=O)O. The number of hydrogen-bond acceptors (Lipinski definition) is 3. The topological polar surface area (TPSA) is 58.6 Å². The van der Waals surface area contributed by atoms with Crippen LogP contribution < -0.4 is 10.1 Å². The predicted molar refractivity (Wildman–Crippen MR) is 80.2 cm³/mol. The molecule has 0 fully saturated rings. The molecule has 0 aromatic heterocycles. The third kappa shape index (κ3) is 5.21. The Morgan fingerprint density at radius 1 is 1.35 bits per heavy atom. The van der Waals surface area contributed by atoms with E-state index in [1.54, 1.807) is 6.92 Å². The van der Waals surface area contributed by atoms with E-state index in [9.17, 15) is 9.90 Å². The second kappa shape index (κ2) is 7.90. The molecule has 0 saturated carbocycles.